The maximum absolute atomic E-state index is 12.8. The zero-order chi connectivity index (χ0) is 32.3. The van der Waals surface area contributed by atoms with Crippen LogP contribution >= 0.6 is 39.7 Å². The second-order valence-electron chi connectivity index (χ2n) is 9.59. The van der Waals surface area contributed by atoms with Crippen LogP contribution in [0.25, 0.3) is 0 Å². The number of carbonyl (C=O) groups excluding carboxylic acids is 2. The Kier molecular flexibility index (Phi) is 12.2. The monoisotopic (exact) mass is 714 g/mol. The molecule has 3 aromatic carbocycles. The number of nitrogens with one attached hydrogen (secondary N) is 3. The van der Waals surface area contributed by atoms with Gasteiger partial charge in [0, 0.05) is 16.3 Å². The van der Waals surface area contributed by atoms with Crippen molar-refractivity contribution < 1.29 is 28.5 Å². The molecule has 0 aliphatic carbocycles. The van der Waals surface area contributed by atoms with E-state index >= 15 is 0 Å². The Bertz CT molecular complexity index is 1620. The molecule has 1 aliphatic rings. The van der Waals surface area contributed by atoms with Crippen molar-refractivity contribution in [3.63, 3.8) is 0 Å². The molecule has 10 nitrogen and oxygen atoms in total. The highest BCUT2D eigenvalue weighted by atomic mass is 79.9. The summed E-state index contributed by atoms with van der Waals surface area (Å²) >= 11 is 14.8. The Balaban J connectivity index is 1.41. The number of carbonyl (C=O) groups is 2. The maximum atomic E-state index is 12.8. The number of nitrogens with zero attached hydrogens (tertiary/aromatic N) is 1. The Morgan fingerprint density at radius 3 is 2.53 bits per heavy atom. The fraction of sp³-hybridized carbons (Fsp3) is 0.250. The van der Waals surface area contributed by atoms with Gasteiger partial charge in [0.25, 0.3) is 5.91 Å². The maximum Gasteiger partial charge on any atom is 0.338 e. The van der Waals surface area contributed by atoms with Crippen molar-refractivity contribution in [2.24, 2.45) is 5.10 Å². The Morgan fingerprint density at radius 1 is 1.04 bits per heavy atom. The SMILES string of the molecule is CCOC(=O)C1=C(C)NC(=S)N[C@@H]1c1ccccc1OCC(=O)NN=Cc1cc(Br)c(OCc2ccc(Cl)cc2)c(OCC)c1. The topological polar surface area (TPSA) is 120 Å². The minimum absolute atomic E-state index is 0.220. The molecule has 0 fully saturated rings. The van der Waals surface area contributed by atoms with E-state index in [4.69, 9.17) is 42.8 Å². The van der Waals surface area contributed by atoms with Crippen LogP contribution in [-0.4, -0.2) is 43.0 Å². The van der Waals surface area contributed by atoms with Crippen molar-refractivity contribution in [3.8, 4) is 17.2 Å². The minimum Gasteiger partial charge on any atom is -0.490 e. The van der Waals surface area contributed by atoms with Crippen molar-refractivity contribution in [1.82, 2.24) is 16.1 Å². The summed E-state index contributed by atoms with van der Waals surface area (Å²) in [5, 5.41) is 11.1. The summed E-state index contributed by atoms with van der Waals surface area (Å²) in [5.41, 5.74) is 5.65. The molecular formula is C32H32BrClN4O6S. The largest absolute Gasteiger partial charge is 0.490 e. The fourth-order valence-corrected chi connectivity index (χ4v) is 5.38. The quantitative estimate of drug-likeness (QED) is 0.0852. The number of hydrazone groups is 1. The third-order valence-electron chi connectivity index (χ3n) is 6.38. The zero-order valence-corrected chi connectivity index (χ0v) is 28.0. The lowest BCUT2D eigenvalue weighted by Crippen LogP contribution is -2.45. The molecule has 1 atom stereocenters. The van der Waals surface area contributed by atoms with E-state index in [1.165, 1.54) is 6.21 Å². The molecule has 45 heavy (non-hydrogen) atoms. The van der Waals surface area contributed by atoms with Crippen molar-refractivity contribution >= 4 is 63.0 Å². The average Bonchev–Trinajstić information content (AvgIpc) is 3.00. The summed E-state index contributed by atoms with van der Waals surface area (Å²) in [4.78, 5) is 25.4. The summed E-state index contributed by atoms with van der Waals surface area (Å²) < 4.78 is 23.6. The number of hydrogen-bond donors (Lipinski definition) is 3. The Morgan fingerprint density at radius 2 is 1.80 bits per heavy atom. The molecule has 0 radical (unpaired) electrons. The molecule has 0 bridgehead atoms. The highest BCUT2D eigenvalue weighted by Crippen LogP contribution is 2.37. The van der Waals surface area contributed by atoms with Gasteiger partial charge in [-0.05, 0) is 90.4 Å². The van der Waals surface area contributed by atoms with Gasteiger partial charge in [-0.3, -0.25) is 4.79 Å². The predicted molar refractivity (Wildman–Crippen MR) is 180 cm³/mol. The Labute approximate surface area is 280 Å². The third-order valence-corrected chi connectivity index (χ3v) is 7.45. The molecule has 236 valence electrons. The number of thiocarbonyl (C=S) groups is 1. The molecule has 0 saturated carbocycles. The standard InChI is InChI=1S/C32H32BrClN4O6S/c1-4-41-26-15-21(14-24(33)30(26)44-17-20-10-12-22(34)13-11-20)16-35-38-27(39)18-43-25-9-7-6-8-23(25)29-28(31(40)42-5-2)19(3)36-32(45)37-29/h6-16,29H,4-5,17-18H2,1-3H3,(H,38,39)(H2,36,37,45)/t29-/m1/s1. The van der Waals surface area contributed by atoms with Crippen LogP contribution in [0.4, 0.5) is 0 Å². The van der Waals surface area contributed by atoms with E-state index in [-0.39, 0.29) is 13.2 Å². The normalized spacial score (nSPS) is 14.4. The summed E-state index contributed by atoms with van der Waals surface area (Å²) in [6, 6.07) is 17.4. The first-order chi connectivity index (χ1) is 21.7. The lowest BCUT2D eigenvalue weighted by Gasteiger charge is -2.30. The van der Waals surface area contributed by atoms with Gasteiger partial charge in [0.2, 0.25) is 0 Å². The number of amides is 1. The number of allylic oxidation sites excluding steroid dienone is 1. The van der Waals surface area contributed by atoms with E-state index in [9.17, 15) is 9.59 Å². The van der Waals surface area contributed by atoms with E-state index in [1.807, 2.05) is 19.1 Å². The lowest BCUT2D eigenvalue weighted by molar-refractivity contribution is -0.139. The molecule has 0 spiro atoms. The van der Waals surface area contributed by atoms with Crippen molar-refractivity contribution in [2.75, 3.05) is 19.8 Å². The molecule has 1 amide bonds. The molecule has 3 aromatic rings. The van der Waals surface area contributed by atoms with Crippen molar-refractivity contribution in [2.45, 2.75) is 33.4 Å². The first-order valence-electron chi connectivity index (χ1n) is 14.0. The molecule has 4 rings (SSSR count). The molecule has 1 heterocycles. The van der Waals surface area contributed by atoms with E-state index in [1.54, 1.807) is 62.4 Å². The van der Waals surface area contributed by atoms with E-state index < -0.39 is 17.9 Å². The molecule has 1 aliphatic heterocycles. The number of para-hydroxylation sites is 1. The summed E-state index contributed by atoms with van der Waals surface area (Å²) in [5.74, 6) is 0.489. The molecule has 0 aromatic heterocycles. The second-order valence-corrected chi connectivity index (χ2v) is 11.3. The van der Waals surface area contributed by atoms with Gasteiger partial charge in [0.15, 0.2) is 23.2 Å². The smallest absolute Gasteiger partial charge is 0.338 e. The molecule has 0 unspecified atom stereocenters. The fourth-order valence-electron chi connectivity index (χ4n) is 4.41. The first-order valence-corrected chi connectivity index (χ1v) is 15.6. The van der Waals surface area contributed by atoms with Gasteiger partial charge >= 0.3 is 5.97 Å². The highest BCUT2D eigenvalue weighted by molar-refractivity contribution is 9.10. The molecular weight excluding hydrogens is 684 g/mol. The number of benzene rings is 3. The number of esters is 1. The summed E-state index contributed by atoms with van der Waals surface area (Å²) in [7, 11) is 0. The average molecular weight is 716 g/mol. The third kappa shape index (κ3) is 9.19. The minimum atomic E-state index is -0.633. The van der Waals surface area contributed by atoms with Crippen LogP contribution in [0.15, 0.2) is 81.5 Å². The van der Waals surface area contributed by atoms with Crippen molar-refractivity contribution in [1.29, 1.82) is 0 Å². The highest BCUT2D eigenvalue weighted by Gasteiger charge is 2.32. The van der Waals surface area contributed by atoms with Crippen LogP contribution in [0.3, 0.4) is 0 Å². The number of ether oxygens (including phenoxy) is 4. The van der Waals surface area contributed by atoms with Crippen LogP contribution in [-0.2, 0) is 20.9 Å². The molecule has 13 heteroatoms. The summed E-state index contributed by atoms with van der Waals surface area (Å²) in [6.45, 7) is 6.00. The van der Waals surface area contributed by atoms with Gasteiger partial charge in [-0.15, -0.1) is 0 Å². The molecule has 0 saturated heterocycles. The Hall–Kier alpha value is -4.13. The summed E-state index contributed by atoms with van der Waals surface area (Å²) in [6.07, 6.45) is 1.49. The van der Waals surface area contributed by atoms with Crippen LogP contribution in [0.1, 0.15) is 43.5 Å². The van der Waals surface area contributed by atoms with E-state index in [2.05, 4.69) is 37.1 Å². The van der Waals surface area contributed by atoms with Gasteiger partial charge in [-0.2, -0.15) is 5.10 Å². The van der Waals surface area contributed by atoms with Gasteiger partial charge in [-0.25, -0.2) is 10.2 Å². The number of halogens is 2. The predicted octanol–water partition coefficient (Wildman–Crippen LogP) is 5.97. The van der Waals surface area contributed by atoms with Crippen LogP contribution < -0.4 is 30.3 Å². The van der Waals surface area contributed by atoms with Gasteiger partial charge in [-0.1, -0.05) is 41.9 Å². The number of rotatable bonds is 13. The second kappa shape index (κ2) is 16.3. The van der Waals surface area contributed by atoms with Crippen LogP contribution in [0.2, 0.25) is 5.02 Å². The zero-order valence-electron chi connectivity index (χ0n) is 24.8. The van der Waals surface area contributed by atoms with Crippen molar-refractivity contribution in [3.05, 3.63) is 98.1 Å². The van der Waals surface area contributed by atoms with E-state index in [0.717, 1.165) is 5.56 Å². The van der Waals surface area contributed by atoms with Crippen LogP contribution in [0, 0.1) is 0 Å². The molecule has 3 N–H and O–H groups in total. The van der Waals surface area contributed by atoms with Crippen LogP contribution in [0.5, 0.6) is 17.2 Å². The van der Waals surface area contributed by atoms with Gasteiger partial charge in [0.05, 0.1) is 35.5 Å². The van der Waals surface area contributed by atoms with Gasteiger partial charge in [0.1, 0.15) is 12.4 Å². The first kappa shape index (κ1) is 33.8. The van der Waals surface area contributed by atoms with E-state index in [0.29, 0.717) is 67.5 Å². The number of hydrogen-bond acceptors (Lipinski definition) is 8. The van der Waals surface area contributed by atoms with Gasteiger partial charge < -0.3 is 29.6 Å². The lowest BCUT2D eigenvalue weighted by atomic mass is 9.95.